The van der Waals surface area contributed by atoms with Crippen molar-refractivity contribution >= 4 is 0 Å². The Labute approximate surface area is 140 Å². The summed E-state index contributed by atoms with van der Waals surface area (Å²) in [6, 6.07) is 12.7. The van der Waals surface area contributed by atoms with Gasteiger partial charge in [-0.2, -0.15) is 0 Å². The van der Waals surface area contributed by atoms with Gasteiger partial charge in [0.2, 0.25) is 0 Å². The second kappa shape index (κ2) is 7.38. The van der Waals surface area contributed by atoms with Gasteiger partial charge in [-0.1, -0.05) is 42.5 Å². The summed E-state index contributed by atoms with van der Waals surface area (Å²) in [5, 5.41) is 9.66. The summed E-state index contributed by atoms with van der Waals surface area (Å²) < 4.78 is 33.8. The van der Waals surface area contributed by atoms with Gasteiger partial charge in [0.05, 0.1) is 19.3 Å². The molecule has 0 bridgehead atoms. The zero-order valence-corrected chi connectivity index (χ0v) is 13.6. The standard InChI is InChI=1S/C19H21F2NO2/c1-13-7-8-15(18(21)17(13)20)11-22-9-10-24-16(12-23)19(22)14-5-3-2-4-6-14/h2-8,16,19,23H,9-12H2,1H3/t16-,19-/m1/s1. The van der Waals surface area contributed by atoms with E-state index in [1.165, 1.54) is 0 Å². The molecule has 2 atom stereocenters. The lowest BCUT2D eigenvalue weighted by molar-refractivity contribution is -0.0963. The molecule has 1 N–H and O–H groups in total. The molecule has 2 aromatic rings. The molecule has 0 radical (unpaired) electrons. The lowest BCUT2D eigenvalue weighted by Gasteiger charge is -2.41. The number of morpholine rings is 1. The topological polar surface area (TPSA) is 32.7 Å². The predicted molar refractivity (Wildman–Crippen MR) is 87.5 cm³/mol. The van der Waals surface area contributed by atoms with Crippen LogP contribution in [-0.2, 0) is 11.3 Å². The third-order valence-electron chi connectivity index (χ3n) is 4.51. The SMILES string of the molecule is Cc1ccc(CN2CCO[C@H](CO)[C@H]2c2ccccc2)c(F)c1F. The van der Waals surface area contributed by atoms with E-state index in [0.717, 1.165) is 5.56 Å². The first-order valence-electron chi connectivity index (χ1n) is 8.06. The van der Waals surface area contributed by atoms with Crippen molar-refractivity contribution < 1.29 is 18.6 Å². The van der Waals surface area contributed by atoms with Crippen molar-refractivity contribution in [1.82, 2.24) is 4.90 Å². The number of hydrogen-bond donors (Lipinski definition) is 1. The van der Waals surface area contributed by atoms with Gasteiger partial charge >= 0.3 is 0 Å². The van der Waals surface area contributed by atoms with E-state index in [1.807, 2.05) is 35.2 Å². The Morgan fingerprint density at radius 3 is 2.58 bits per heavy atom. The van der Waals surface area contributed by atoms with Crippen LogP contribution in [0.2, 0.25) is 0 Å². The van der Waals surface area contributed by atoms with Gasteiger partial charge in [-0.25, -0.2) is 8.78 Å². The molecule has 0 spiro atoms. The second-order valence-electron chi connectivity index (χ2n) is 6.09. The zero-order chi connectivity index (χ0) is 17.1. The highest BCUT2D eigenvalue weighted by molar-refractivity contribution is 5.26. The van der Waals surface area contributed by atoms with E-state index in [1.54, 1.807) is 19.1 Å². The number of benzene rings is 2. The summed E-state index contributed by atoms with van der Waals surface area (Å²) in [5.41, 5.74) is 1.60. The lowest BCUT2D eigenvalue weighted by Crippen LogP contribution is -2.46. The van der Waals surface area contributed by atoms with Gasteiger partial charge in [0.1, 0.15) is 6.10 Å². The molecule has 128 valence electrons. The predicted octanol–water partition coefficient (Wildman–Crippen LogP) is 3.21. The molecule has 1 fully saturated rings. The molecular weight excluding hydrogens is 312 g/mol. The quantitative estimate of drug-likeness (QED) is 0.933. The number of aliphatic hydroxyl groups excluding tert-OH is 1. The highest BCUT2D eigenvalue weighted by atomic mass is 19.2. The van der Waals surface area contributed by atoms with Gasteiger partial charge in [-0.15, -0.1) is 0 Å². The fraction of sp³-hybridized carbons (Fsp3) is 0.368. The number of ether oxygens (including phenoxy) is 1. The summed E-state index contributed by atoms with van der Waals surface area (Å²) in [6.45, 7) is 2.73. The number of hydrogen-bond acceptors (Lipinski definition) is 3. The van der Waals surface area contributed by atoms with E-state index in [4.69, 9.17) is 4.74 Å². The normalized spacial score (nSPS) is 21.8. The van der Waals surface area contributed by atoms with Crippen molar-refractivity contribution in [3.63, 3.8) is 0 Å². The first-order chi connectivity index (χ1) is 11.6. The Kier molecular flexibility index (Phi) is 5.23. The molecule has 3 nitrogen and oxygen atoms in total. The molecule has 1 saturated heterocycles. The first-order valence-corrected chi connectivity index (χ1v) is 8.06. The van der Waals surface area contributed by atoms with Crippen molar-refractivity contribution in [3.05, 3.63) is 70.8 Å². The molecule has 1 heterocycles. The molecule has 0 aliphatic carbocycles. The smallest absolute Gasteiger partial charge is 0.163 e. The van der Waals surface area contributed by atoms with Crippen molar-refractivity contribution in [3.8, 4) is 0 Å². The lowest BCUT2D eigenvalue weighted by atomic mass is 9.97. The van der Waals surface area contributed by atoms with Gasteiger partial charge < -0.3 is 9.84 Å². The van der Waals surface area contributed by atoms with Gasteiger partial charge in [0, 0.05) is 18.7 Å². The fourth-order valence-corrected chi connectivity index (χ4v) is 3.22. The molecule has 3 rings (SSSR count). The second-order valence-corrected chi connectivity index (χ2v) is 6.09. The van der Waals surface area contributed by atoms with E-state index in [-0.39, 0.29) is 25.3 Å². The van der Waals surface area contributed by atoms with Crippen molar-refractivity contribution in [1.29, 1.82) is 0 Å². The molecule has 0 unspecified atom stereocenters. The van der Waals surface area contributed by atoms with E-state index < -0.39 is 11.6 Å². The fourth-order valence-electron chi connectivity index (χ4n) is 3.22. The van der Waals surface area contributed by atoms with Crippen LogP contribution in [0.25, 0.3) is 0 Å². The van der Waals surface area contributed by atoms with Gasteiger partial charge in [0.25, 0.3) is 0 Å². The van der Waals surface area contributed by atoms with Crippen molar-refractivity contribution in [2.24, 2.45) is 0 Å². The Balaban J connectivity index is 1.91. The molecule has 1 aliphatic rings. The van der Waals surface area contributed by atoms with Crippen LogP contribution in [0.3, 0.4) is 0 Å². The molecule has 1 aliphatic heterocycles. The summed E-state index contributed by atoms with van der Waals surface area (Å²) >= 11 is 0. The minimum Gasteiger partial charge on any atom is -0.394 e. The molecule has 24 heavy (non-hydrogen) atoms. The maximum absolute atomic E-state index is 14.2. The zero-order valence-electron chi connectivity index (χ0n) is 13.6. The van der Waals surface area contributed by atoms with Crippen molar-refractivity contribution in [2.45, 2.75) is 25.6 Å². The third-order valence-corrected chi connectivity index (χ3v) is 4.51. The van der Waals surface area contributed by atoms with E-state index in [2.05, 4.69) is 0 Å². The minimum atomic E-state index is -0.797. The van der Waals surface area contributed by atoms with Gasteiger partial charge in [0.15, 0.2) is 11.6 Å². The molecule has 2 aromatic carbocycles. The molecule has 5 heteroatoms. The van der Waals surface area contributed by atoms with Crippen LogP contribution in [0.4, 0.5) is 8.78 Å². The average Bonchev–Trinajstić information content (AvgIpc) is 2.62. The van der Waals surface area contributed by atoms with Crippen LogP contribution in [-0.4, -0.2) is 35.9 Å². The van der Waals surface area contributed by atoms with E-state index in [0.29, 0.717) is 24.3 Å². The summed E-state index contributed by atoms with van der Waals surface area (Å²) in [4.78, 5) is 2.03. The van der Waals surface area contributed by atoms with Crippen LogP contribution in [0, 0.1) is 18.6 Å². The van der Waals surface area contributed by atoms with Crippen LogP contribution >= 0.6 is 0 Å². The Bertz CT molecular complexity index is 693. The van der Waals surface area contributed by atoms with Crippen LogP contribution in [0.15, 0.2) is 42.5 Å². The van der Waals surface area contributed by atoms with Crippen molar-refractivity contribution in [2.75, 3.05) is 19.8 Å². The maximum atomic E-state index is 14.2. The summed E-state index contributed by atoms with van der Waals surface area (Å²) in [7, 11) is 0. The maximum Gasteiger partial charge on any atom is 0.163 e. The first kappa shape index (κ1) is 17.0. The summed E-state index contributed by atoms with van der Waals surface area (Å²) in [6.07, 6.45) is -0.389. The largest absolute Gasteiger partial charge is 0.394 e. The Morgan fingerprint density at radius 1 is 1.12 bits per heavy atom. The van der Waals surface area contributed by atoms with Crippen LogP contribution in [0.5, 0.6) is 0 Å². The van der Waals surface area contributed by atoms with Gasteiger partial charge in [-0.05, 0) is 18.1 Å². The monoisotopic (exact) mass is 333 g/mol. The number of nitrogens with zero attached hydrogens (tertiary/aromatic N) is 1. The number of halogens is 2. The Hall–Kier alpha value is -1.82. The van der Waals surface area contributed by atoms with Crippen LogP contribution in [0.1, 0.15) is 22.7 Å². The number of aliphatic hydroxyl groups is 1. The van der Waals surface area contributed by atoms with E-state index >= 15 is 0 Å². The average molecular weight is 333 g/mol. The Morgan fingerprint density at radius 2 is 1.88 bits per heavy atom. The number of rotatable bonds is 4. The molecule has 0 amide bonds. The minimum absolute atomic E-state index is 0.124. The number of aryl methyl sites for hydroxylation is 1. The molecular formula is C19H21F2NO2. The molecule has 0 saturated carbocycles. The van der Waals surface area contributed by atoms with E-state index in [9.17, 15) is 13.9 Å². The highest BCUT2D eigenvalue weighted by Crippen LogP contribution is 2.31. The molecule has 0 aromatic heterocycles. The van der Waals surface area contributed by atoms with Gasteiger partial charge in [-0.3, -0.25) is 4.90 Å². The summed E-state index contributed by atoms with van der Waals surface area (Å²) in [5.74, 6) is -1.59. The van der Waals surface area contributed by atoms with Crippen LogP contribution < -0.4 is 0 Å². The third kappa shape index (κ3) is 3.34. The highest BCUT2D eigenvalue weighted by Gasteiger charge is 2.33.